The molecule has 0 aliphatic heterocycles. The smallest absolute Gasteiger partial charge is 0.156 e. The molecule has 0 saturated carbocycles. The van der Waals surface area contributed by atoms with Crippen molar-refractivity contribution >= 4 is 29.0 Å². The van der Waals surface area contributed by atoms with Gasteiger partial charge in [-0.3, -0.25) is 9.67 Å². The number of benzene rings is 1. The van der Waals surface area contributed by atoms with Gasteiger partial charge in [0.05, 0.1) is 5.69 Å². The molecule has 0 amide bonds. The normalized spacial score (nSPS) is 11.4. The van der Waals surface area contributed by atoms with Crippen molar-refractivity contribution in [3.8, 4) is 0 Å². The minimum atomic E-state index is -0.248. The molecule has 3 heterocycles. The first-order chi connectivity index (χ1) is 14.6. The quantitative estimate of drug-likeness (QED) is 0.488. The van der Waals surface area contributed by atoms with Crippen LogP contribution in [0.3, 0.4) is 0 Å². The monoisotopic (exact) mass is 402 g/mol. The summed E-state index contributed by atoms with van der Waals surface area (Å²) in [4.78, 5) is 13.6. The molecular formula is C23H23FN6. The molecule has 0 fully saturated rings. The number of hydrogen-bond donors (Lipinski definition) is 1. The molecule has 152 valence electrons. The van der Waals surface area contributed by atoms with Crippen LogP contribution in [0.15, 0.2) is 48.8 Å². The summed E-state index contributed by atoms with van der Waals surface area (Å²) >= 11 is 0. The Hall–Kier alpha value is -3.61. The van der Waals surface area contributed by atoms with Gasteiger partial charge in [0, 0.05) is 26.0 Å². The van der Waals surface area contributed by atoms with Crippen LogP contribution in [-0.4, -0.2) is 24.7 Å². The Balaban J connectivity index is 1.72. The molecule has 6 nitrogen and oxygen atoms in total. The first-order valence-corrected chi connectivity index (χ1v) is 9.94. The molecule has 30 heavy (non-hydrogen) atoms. The molecule has 0 bridgehead atoms. The number of hydrogen-bond acceptors (Lipinski definition) is 5. The van der Waals surface area contributed by atoms with Gasteiger partial charge in [-0.2, -0.15) is 5.10 Å². The summed E-state index contributed by atoms with van der Waals surface area (Å²) in [6, 6.07) is 10.3. The number of nitrogens with one attached hydrogen (secondary N) is 1. The van der Waals surface area contributed by atoms with Crippen molar-refractivity contribution in [3.63, 3.8) is 0 Å². The second-order valence-corrected chi connectivity index (χ2v) is 7.05. The molecule has 1 N–H and O–H groups in total. The van der Waals surface area contributed by atoms with Crippen LogP contribution in [0.1, 0.15) is 36.0 Å². The fourth-order valence-electron chi connectivity index (χ4n) is 3.29. The van der Waals surface area contributed by atoms with Crippen molar-refractivity contribution in [3.05, 3.63) is 77.3 Å². The van der Waals surface area contributed by atoms with E-state index in [1.165, 1.54) is 12.1 Å². The van der Waals surface area contributed by atoms with Gasteiger partial charge in [-0.15, -0.1) is 0 Å². The lowest BCUT2D eigenvalue weighted by atomic mass is 10.2. The number of pyridine rings is 1. The molecule has 4 aromatic rings. The zero-order valence-electron chi connectivity index (χ0n) is 17.0. The van der Waals surface area contributed by atoms with E-state index in [1.807, 2.05) is 36.0 Å². The van der Waals surface area contributed by atoms with E-state index in [2.05, 4.69) is 22.3 Å². The third-order valence-electron chi connectivity index (χ3n) is 4.74. The number of rotatable bonds is 7. The van der Waals surface area contributed by atoms with E-state index < -0.39 is 0 Å². The van der Waals surface area contributed by atoms with Gasteiger partial charge >= 0.3 is 0 Å². The lowest BCUT2D eigenvalue weighted by Gasteiger charge is -2.09. The number of anilines is 1. The molecule has 7 heteroatoms. The summed E-state index contributed by atoms with van der Waals surface area (Å²) < 4.78 is 15.0. The fraction of sp³-hybridized carbons (Fsp3) is 0.217. The molecular weight excluding hydrogens is 379 g/mol. The van der Waals surface area contributed by atoms with E-state index in [1.54, 1.807) is 24.5 Å². The Bertz CT molecular complexity index is 1170. The Morgan fingerprint density at radius 3 is 2.67 bits per heavy atom. The maximum Gasteiger partial charge on any atom is 0.156 e. The molecule has 4 rings (SSSR count). The third-order valence-corrected chi connectivity index (χ3v) is 4.74. The zero-order chi connectivity index (χ0) is 20.9. The van der Waals surface area contributed by atoms with Crippen LogP contribution in [0.5, 0.6) is 0 Å². The predicted molar refractivity (Wildman–Crippen MR) is 117 cm³/mol. The lowest BCUT2D eigenvalue weighted by Crippen LogP contribution is -2.06. The van der Waals surface area contributed by atoms with E-state index >= 15 is 0 Å². The van der Waals surface area contributed by atoms with Crippen LogP contribution in [-0.2, 0) is 20.0 Å². The predicted octanol–water partition coefficient (Wildman–Crippen LogP) is 4.63. The van der Waals surface area contributed by atoms with Crippen molar-refractivity contribution in [2.75, 3.05) is 5.32 Å². The summed E-state index contributed by atoms with van der Waals surface area (Å²) in [6.45, 7) is 2.64. The lowest BCUT2D eigenvalue weighted by molar-refractivity contribution is 0.627. The van der Waals surface area contributed by atoms with Crippen LogP contribution in [0.4, 0.5) is 10.2 Å². The molecule has 0 aliphatic carbocycles. The molecule has 0 radical (unpaired) electrons. The topological polar surface area (TPSA) is 68.5 Å². The Morgan fingerprint density at radius 1 is 1.10 bits per heavy atom. The number of aryl methyl sites for hydroxylation is 2. The minimum Gasteiger partial charge on any atom is -0.364 e. The van der Waals surface area contributed by atoms with Gasteiger partial charge in [-0.1, -0.05) is 31.5 Å². The average Bonchev–Trinajstić information content (AvgIpc) is 3.08. The molecule has 0 saturated heterocycles. The van der Waals surface area contributed by atoms with E-state index in [9.17, 15) is 4.39 Å². The second-order valence-electron chi connectivity index (χ2n) is 7.05. The third kappa shape index (κ3) is 4.35. The van der Waals surface area contributed by atoms with E-state index in [4.69, 9.17) is 9.97 Å². The van der Waals surface area contributed by atoms with Crippen LogP contribution in [0, 0.1) is 5.82 Å². The number of aromatic nitrogens is 5. The highest BCUT2D eigenvalue weighted by Gasteiger charge is 2.16. The van der Waals surface area contributed by atoms with Crippen LogP contribution < -0.4 is 5.32 Å². The van der Waals surface area contributed by atoms with E-state index in [0.29, 0.717) is 18.2 Å². The molecule has 0 spiro atoms. The maximum absolute atomic E-state index is 13.2. The van der Waals surface area contributed by atoms with Crippen LogP contribution in [0.2, 0.25) is 0 Å². The van der Waals surface area contributed by atoms with Crippen molar-refractivity contribution < 1.29 is 4.39 Å². The number of halogens is 1. The fourth-order valence-corrected chi connectivity index (χ4v) is 3.29. The highest BCUT2D eigenvalue weighted by atomic mass is 19.1. The van der Waals surface area contributed by atoms with Crippen molar-refractivity contribution in [2.45, 2.75) is 26.3 Å². The Morgan fingerprint density at radius 2 is 1.93 bits per heavy atom. The first kappa shape index (κ1) is 19.7. The van der Waals surface area contributed by atoms with Gasteiger partial charge in [0.2, 0.25) is 0 Å². The summed E-state index contributed by atoms with van der Waals surface area (Å²) in [5.41, 5.74) is 4.60. The summed E-state index contributed by atoms with van der Waals surface area (Å²) in [5, 5.41) is 8.03. The largest absolute Gasteiger partial charge is 0.364 e. The van der Waals surface area contributed by atoms with Gasteiger partial charge < -0.3 is 5.32 Å². The van der Waals surface area contributed by atoms with Gasteiger partial charge in [-0.05, 0) is 47.9 Å². The van der Waals surface area contributed by atoms with Gasteiger partial charge in [0.1, 0.15) is 16.9 Å². The first-order valence-electron chi connectivity index (χ1n) is 9.94. The van der Waals surface area contributed by atoms with Gasteiger partial charge in [0.15, 0.2) is 11.6 Å². The van der Waals surface area contributed by atoms with Crippen molar-refractivity contribution in [1.29, 1.82) is 0 Å². The molecule has 1 aromatic carbocycles. The second kappa shape index (κ2) is 8.82. The number of nitrogens with zero attached hydrogens (tertiary/aromatic N) is 5. The zero-order valence-corrected chi connectivity index (χ0v) is 17.0. The van der Waals surface area contributed by atoms with E-state index in [-0.39, 0.29) is 5.82 Å². The SMILES string of the molecule is CCCc1nn(C)c2c(NCc3ccc(F)cc3)nc(/C=C/c3cccnc3)nc12. The highest BCUT2D eigenvalue weighted by molar-refractivity contribution is 5.88. The molecule has 0 atom stereocenters. The minimum absolute atomic E-state index is 0.248. The highest BCUT2D eigenvalue weighted by Crippen LogP contribution is 2.25. The standard InChI is InChI=1S/C23H23FN6/c1-3-5-19-21-22(30(2)29-19)23(26-15-17-7-10-18(24)11-8-17)28-20(27-21)12-9-16-6-4-13-25-14-16/h4,6-14H,3,5,15H2,1-2H3,(H,26,27,28)/b12-9+. The van der Waals surface area contributed by atoms with Crippen LogP contribution in [0.25, 0.3) is 23.2 Å². The number of fused-ring (bicyclic) bond motifs is 1. The average molecular weight is 402 g/mol. The van der Waals surface area contributed by atoms with Crippen LogP contribution >= 0.6 is 0 Å². The van der Waals surface area contributed by atoms with E-state index in [0.717, 1.165) is 40.7 Å². The van der Waals surface area contributed by atoms with Gasteiger partial charge in [-0.25, -0.2) is 14.4 Å². The van der Waals surface area contributed by atoms with Crippen molar-refractivity contribution in [2.24, 2.45) is 7.05 Å². The van der Waals surface area contributed by atoms with Gasteiger partial charge in [0.25, 0.3) is 0 Å². The summed E-state index contributed by atoms with van der Waals surface area (Å²) in [7, 11) is 1.90. The Labute approximate surface area is 174 Å². The Kier molecular flexibility index (Phi) is 5.79. The maximum atomic E-state index is 13.2. The molecule has 0 unspecified atom stereocenters. The van der Waals surface area contributed by atoms with Crippen molar-refractivity contribution in [1.82, 2.24) is 24.7 Å². The summed E-state index contributed by atoms with van der Waals surface area (Å²) in [6.07, 6.45) is 9.17. The summed E-state index contributed by atoms with van der Waals surface area (Å²) in [5.74, 6) is 1.05. The molecule has 0 aliphatic rings. The molecule has 3 aromatic heterocycles.